The monoisotopic (exact) mass is 359 g/mol. The Bertz CT molecular complexity index is 585. The maximum atomic E-state index is 11.8. The number of esters is 1. The molecule has 0 aromatic heterocycles. The molecule has 1 fully saturated rings. The van der Waals surface area contributed by atoms with Gasteiger partial charge in [0.25, 0.3) is 0 Å². The second kappa shape index (κ2) is 11.4. The maximum Gasteiger partial charge on any atom is 0.328 e. The summed E-state index contributed by atoms with van der Waals surface area (Å²) in [5.74, 6) is -0.837. The first-order valence-corrected chi connectivity index (χ1v) is 9.67. The van der Waals surface area contributed by atoms with Gasteiger partial charge in [-0.1, -0.05) is 56.0 Å². The fourth-order valence-electron chi connectivity index (χ4n) is 3.14. The second-order valence-electron chi connectivity index (χ2n) is 6.90. The molecule has 1 atom stereocenters. The minimum Gasteiger partial charge on any atom is -0.464 e. The fourth-order valence-corrected chi connectivity index (χ4v) is 3.14. The molecule has 0 unspecified atom stereocenters. The van der Waals surface area contributed by atoms with Gasteiger partial charge in [-0.25, -0.2) is 4.79 Å². The topological polar surface area (TPSA) is 72.5 Å². The molecule has 0 bridgehead atoms. The van der Waals surface area contributed by atoms with Crippen LogP contribution in [0.5, 0.6) is 0 Å². The van der Waals surface area contributed by atoms with Crippen molar-refractivity contribution in [2.24, 2.45) is 0 Å². The number of unbranched alkanes of at least 4 members (excludes halogenated alkanes) is 5. The first-order chi connectivity index (χ1) is 12.6. The van der Waals surface area contributed by atoms with Crippen LogP contribution in [-0.4, -0.2) is 30.3 Å². The molecule has 1 saturated heterocycles. The molecule has 1 heterocycles. The zero-order chi connectivity index (χ0) is 18.6. The molecule has 1 amide bonds. The van der Waals surface area contributed by atoms with Crippen molar-refractivity contribution < 1.29 is 19.1 Å². The number of nitrogens with one attached hydrogen (secondary N) is 1. The van der Waals surface area contributed by atoms with E-state index in [4.69, 9.17) is 4.74 Å². The van der Waals surface area contributed by atoms with E-state index in [1.165, 1.54) is 24.8 Å². The number of cyclic esters (lactones) is 1. The van der Waals surface area contributed by atoms with E-state index in [9.17, 15) is 14.4 Å². The lowest BCUT2D eigenvalue weighted by molar-refractivity contribution is -0.142. The number of ketones is 1. The average Bonchev–Trinajstić information content (AvgIpc) is 3.02. The fraction of sp³-hybridized carbons (Fsp3) is 0.571. The van der Waals surface area contributed by atoms with Crippen LogP contribution in [0.3, 0.4) is 0 Å². The first kappa shape index (κ1) is 20.1. The van der Waals surface area contributed by atoms with Crippen LogP contribution in [0.4, 0.5) is 0 Å². The summed E-state index contributed by atoms with van der Waals surface area (Å²) in [4.78, 5) is 34.8. The van der Waals surface area contributed by atoms with Crippen LogP contribution in [0.1, 0.15) is 63.4 Å². The summed E-state index contributed by atoms with van der Waals surface area (Å²) in [6, 6.07) is 9.94. The number of benzene rings is 1. The van der Waals surface area contributed by atoms with Crippen molar-refractivity contribution in [3.63, 3.8) is 0 Å². The van der Waals surface area contributed by atoms with Crippen LogP contribution < -0.4 is 5.32 Å². The van der Waals surface area contributed by atoms with Gasteiger partial charge in [-0.15, -0.1) is 0 Å². The van der Waals surface area contributed by atoms with Gasteiger partial charge in [-0.05, 0) is 24.8 Å². The summed E-state index contributed by atoms with van der Waals surface area (Å²) in [7, 11) is 0. The molecule has 1 aliphatic rings. The van der Waals surface area contributed by atoms with Crippen molar-refractivity contribution in [2.75, 3.05) is 6.61 Å². The summed E-state index contributed by atoms with van der Waals surface area (Å²) in [6.07, 6.45) is 8.49. The van der Waals surface area contributed by atoms with Crippen molar-refractivity contribution in [3.05, 3.63) is 35.9 Å². The van der Waals surface area contributed by atoms with Crippen LogP contribution >= 0.6 is 0 Å². The lowest BCUT2D eigenvalue weighted by atomic mass is 10.0. The lowest BCUT2D eigenvalue weighted by Gasteiger charge is -2.08. The van der Waals surface area contributed by atoms with E-state index < -0.39 is 12.0 Å². The van der Waals surface area contributed by atoms with Crippen LogP contribution in [0.2, 0.25) is 0 Å². The van der Waals surface area contributed by atoms with Crippen LogP contribution in [0, 0.1) is 0 Å². The number of hydrogen-bond donors (Lipinski definition) is 1. The molecule has 0 aliphatic carbocycles. The van der Waals surface area contributed by atoms with Crippen molar-refractivity contribution in [1.29, 1.82) is 0 Å². The Hall–Kier alpha value is -2.17. The highest BCUT2D eigenvalue weighted by Crippen LogP contribution is 2.11. The van der Waals surface area contributed by atoms with Gasteiger partial charge >= 0.3 is 5.97 Å². The van der Waals surface area contributed by atoms with Crippen molar-refractivity contribution in [3.8, 4) is 0 Å². The van der Waals surface area contributed by atoms with E-state index in [0.717, 1.165) is 25.7 Å². The number of rotatable bonds is 12. The normalized spacial score (nSPS) is 16.3. The van der Waals surface area contributed by atoms with Crippen LogP contribution in [-0.2, 0) is 25.5 Å². The third-order valence-electron chi connectivity index (χ3n) is 4.64. The highest BCUT2D eigenvalue weighted by atomic mass is 16.5. The van der Waals surface area contributed by atoms with Crippen molar-refractivity contribution in [2.45, 2.75) is 70.3 Å². The second-order valence-corrected chi connectivity index (χ2v) is 6.90. The van der Waals surface area contributed by atoms with Gasteiger partial charge in [0.15, 0.2) is 0 Å². The van der Waals surface area contributed by atoms with Crippen molar-refractivity contribution >= 4 is 17.7 Å². The first-order valence-electron chi connectivity index (χ1n) is 9.67. The Labute approximate surface area is 155 Å². The van der Waals surface area contributed by atoms with Gasteiger partial charge in [0.2, 0.25) is 5.91 Å². The maximum absolute atomic E-state index is 11.8. The number of aryl methyl sites for hydroxylation is 1. The minimum absolute atomic E-state index is 0.0575. The molecular formula is C21H29NO4. The predicted molar refractivity (Wildman–Crippen MR) is 99.6 cm³/mol. The Morgan fingerprint density at radius 1 is 1.00 bits per heavy atom. The lowest BCUT2D eigenvalue weighted by Crippen LogP contribution is -2.38. The Balaban J connectivity index is 1.43. The summed E-state index contributed by atoms with van der Waals surface area (Å²) in [5.41, 5.74) is 1.39. The van der Waals surface area contributed by atoms with Gasteiger partial charge in [0, 0.05) is 12.8 Å². The average molecular weight is 359 g/mol. The van der Waals surface area contributed by atoms with Gasteiger partial charge in [-0.2, -0.15) is 0 Å². The third-order valence-corrected chi connectivity index (χ3v) is 4.64. The highest BCUT2D eigenvalue weighted by molar-refractivity contribution is 5.99. The predicted octanol–water partition coefficient (Wildman–Crippen LogP) is 3.35. The number of amides is 1. The van der Waals surface area contributed by atoms with Gasteiger partial charge < -0.3 is 10.1 Å². The molecule has 0 radical (unpaired) electrons. The molecule has 5 nitrogen and oxygen atoms in total. The van der Waals surface area contributed by atoms with Crippen LogP contribution in [0.25, 0.3) is 0 Å². The third kappa shape index (κ3) is 7.81. The van der Waals surface area contributed by atoms with Gasteiger partial charge in [0.1, 0.15) is 11.8 Å². The quantitative estimate of drug-likeness (QED) is 0.353. The molecule has 1 aromatic carbocycles. The highest BCUT2D eigenvalue weighted by Gasteiger charge is 2.28. The summed E-state index contributed by atoms with van der Waals surface area (Å²) in [6.45, 7) is 0.336. The standard InChI is InChI=1S/C21H29NO4/c23-18(16-20(24)22-19-14-15-26-21(19)25)13-9-4-2-1-3-6-10-17-11-7-5-8-12-17/h5,7-8,11-12,19H,1-4,6,9-10,13-16H2,(H,22,24)/t19-/m0/s1. The summed E-state index contributed by atoms with van der Waals surface area (Å²) in [5, 5.41) is 2.56. The van der Waals surface area contributed by atoms with E-state index in [0.29, 0.717) is 19.4 Å². The number of Topliss-reactive ketones (excluding diaryl/α,β-unsaturated/α-hetero) is 1. The molecule has 0 saturated carbocycles. The molecular weight excluding hydrogens is 330 g/mol. The minimum atomic E-state index is -0.578. The number of carbonyl (C=O) groups is 3. The van der Waals surface area contributed by atoms with E-state index in [2.05, 4.69) is 29.6 Å². The Morgan fingerprint density at radius 2 is 1.69 bits per heavy atom. The Kier molecular flexibility index (Phi) is 8.87. The van der Waals surface area contributed by atoms with Crippen LogP contribution in [0.15, 0.2) is 30.3 Å². The zero-order valence-corrected chi connectivity index (χ0v) is 15.4. The Morgan fingerprint density at radius 3 is 2.38 bits per heavy atom. The largest absolute Gasteiger partial charge is 0.464 e. The number of carbonyl (C=O) groups excluding carboxylic acids is 3. The summed E-state index contributed by atoms with van der Waals surface area (Å²) >= 11 is 0. The molecule has 1 N–H and O–H groups in total. The molecule has 5 heteroatoms. The molecule has 0 spiro atoms. The molecule has 1 aliphatic heterocycles. The zero-order valence-electron chi connectivity index (χ0n) is 15.4. The molecule has 1 aromatic rings. The summed E-state index contributed by atoms with van der Waals surface area (Å²) < 4.78 is 4.78. The number of ether oxygens (including phenoxy) is 1. The van der Waals surface area contributed by atoms with Gasteiger partial charge in [-0.3, -0.25) is 9.59 Å². The smallest absolute Gasteiger partial charge is 0.328 e. The molecule has 26 heavy (non-hydrogen) atoms. The van der Waals surface area contributed by atoms with E-state index in [1.807, 2.05) is 6.07 Å². The van der Waals surface area contributed by atoms with E-state index in [1.54, 1.807) is 0 Å². The number of hydrogen-bond acceptors (Lipinski definition) is 4. The molecule has 142 valence electrons. The van der Waals surface area contributed by atoms with Crippen molar-refractivity contribution in [1.82, 2.24) is 5.32 Å². The van der Waals surface area contributed by atoms with Gasteiger partial charge in [0.05, 0.1) is 13.0 Å². The van der Waals surface area contributed by atoms with E-state index >= 15 is 0 Å². The van der Waals surface area contributed by atoms with E-state index in [-0.39, 0.29) is 18.1 Å². The SMILES string of the molecule is O=C(CCCCCCCCc1ccccc1)CC(=O)N[C@H]1CCOC1=O. The molecule has 2 rings (SSSR count).